The third-order valence-electron chi connectivity index (χ3n) is 5.43. The van der Waals surface area contributed by atoms with Gasteiger partial charge in [0.1, 0.15) is 10.8 Å². The topological polar surface area (TPSA) is 103 Å². The Labute approximate surface area is 189 Å². The molecule has 2 heterocycles. The molecule has 1 unspecified atom stereocenters. The van der Waals surface area contributed by atoms with Gasteiger partial charge in [-0.3, -0.25) is 14.2 Å². The molecule has 1 aliphatic rings. The van der Waals surface area contributed by atoms with Crippen LogP contribution in [0.25, 0.3) is 5.69 Å². The fourth-order valence-electron chi connectivity index (χ4n) is 3.82. The molecule has 9 heteroatoms. The normalized spacial score (nSPS) is 15.5. The molecular weight excluding hydrogens is 430 g/mol. The number of thiophene rings is 1. The van der Waals surface area contributed by atoms with Crippen molar-refractivity contribution in [3.8, 4) is 5.69 Å². The van der Waals surface area contributed by atoms with E-state index < -0.39 is 5.91 Å². The predicted molar refractivity (Wildman–Crippen MR) is 124 cm³/mol. The van der Waals surface area contributed by atoms with E-state index in [9.17, 15) is 9.59 Å². The lowest BCUT2D eigenvalue weighted by Crippen LogP contribution is -2.20. The highest BCUT2D eigenvalue weighted by molar-refractivity contribution is 7.99. The van der Waals surface area contributed by atoms with Crippen LogP contribution in [-0.2, 0) is 17.6 Å². The molecule has 162 valence electrons. The number of hydrogen-bond acceptors (Lipinski definition) is 6. The monoisotopic (exact) mass is 455 g/mol. The maximum atomic E-state index is 12.7. The van der Waals surface area contributed by atoms with E-state index in [-0.39, 0.29) is 11.7 Å². The molecule has 4 rings (SSSR count). The largest absolute Gasteiger partial charge is 0.365 e. The first kappa shape index (κ1) is 21.6. The predicted octanol–water partition coefficient (Wildman–Crippen LogP) is 3.90. The number of nitrogens with one attached hydrogen (secondary N) is 1. The van der Waals surface area contributed by atoms with Gasteiger partial charge in [0.05, 0.1) is 11.3 Å². The van der Waals surface area contributed by atoms with Crippen LogP contribution in [0.2, 0.25) is 0 Å². The van der Waals surface area contributed by atoms with Crippen LogP contribution in [0.3, 0.4) is 0 Å². The van der Waals surface area contributed by atoms with Crippen molar-refractivity contribution < 1.29 is 9.59 Å². The second kappa shape index (κ2) is 8.84. The van der Waals surface area contributed by atoms with Crippen molar-refractivity contribution in [3.05, 3.63) is 51.7 Å². The van der Waals surface area contributed by atoms with Gasteiger partial charge in [0.25, 0.3) is 5.91 Å². The number of fused-ring (bicyclic) bond motifs is 1. The Balaban J connectivity index is 1.49. The van der Waals surface area contributed by atoms with Crippen molar-refractivity contribution in [2.45, 2.75) is 45.2 Å². The van der Waals surface area contributed by atoms with Gasteiger partial charge in [-0.25, -0.2) is 0 Å². The zero-order valence-electron chi connectivity index (χ0n) is 17.8. The van der Waals surface area contributed by atoms with E-state index in [2.05, 4.69) is 22.4 Å². The summed E-state index contributed by atoms with van der Waals surface area (Å²) in [4.78, 5) is 25.9. The second-order valence-corrected chi connectivity index (χ2v) is 10.0. The number of anilines is 1. The first-order valence-corrected chi connectivity index (χ1v) is 12.0. The van der Waals surface area contributed by atoms with Gasteiger partial charge in [-0.1, -0.05) is 36.4 Å². The van der Waals surface area contributed by atoms with Crippen LogP contribution in [-0.4, -0.2) is 32.3 Å². The summed E-state index contributed by atoms with van der Waals surface area (Å²) in [5.74, 6) is 0.798. The summed E-state index contributed by atoms with van der Waals surface area (Å²) < 4.78 is 1.93. The van der Waals surface area contributed by atoms with Crippen LogP contribution in [0, 0.1) is 19.8 Å². The number of thioether (sulfide) groups is 1. The van der Waals surface area contributed by atoms with Gasteiger partial charge in [-0.2, -0.15) is 0 Å². The average molecular weight is 456 g/mol. The maximum Gasteiger partial charge on any atom is 0.251 e. The van der Waals surface area contributed by atoms with Gasteiger partial charge in [-0.05, 0) is 56.7 Å². The maximum absolute atomic E-state index is 12.7. The van der Waals surface area contributed by atoms with Crippen LogP contribution in [0.5, 0.6) is 0 Å². The molecule has 0 radical (unpaired) electrons. The molecule has 0 bridgehead atoms. The number of carbonyl (C=O) groups is 2. The average Bonchev–Trinajstić information content (AvgIpc) is 3.26. The number of rotatable bonds is 6. The highest BCUT2D eigenvalue weighted by Crippen LogP contribution is 2.39. The minimum atomic E-state index is -0.482. The van der Waals surface area contributed by atoms with Crippen LogP contribution in [0.1, 0.15) is 45.5 Å². The van der Waals surface area contributed by atoms with Gasteiger partial charge in [-0.15, -0.1) is 21.5 Å². The summed E-state index contributed by atoms with van der Waals surface area (Å²) in [7, 11) is 0. The molecular formula is C22H25N5O2S2. The number of aromatic nitrogens is 3. The van der Waals surface area contributed by atoms with E-state index in [1.807, 2.05) is 42.7 Å². The third-order valence-corrected chi connectivity index (χ3v) is 7.53. The molecule has 7 nitrogen and oxygen atoms in total. The Morgan fingerprint density at radius 3 is 2.71 bits per heavy atom. The van der Waals surface area contributed by atoms with Crippen molar-refractivity contribution in [1.29, 1.82) is 0 Å². The van der Waals surface area contributed by atoms with Crippen molar-refractivity contribution >= 4 is 39.9 Å². The third kappa shape index (κ3) is 4.52. The van der Waals surface area contributed by atoms with Gasteiger partial charge >= 0.3 is 0 Å². The molecule has 3 aromatic rings. The molecule has 0 fully saturated rings. The van der Waals surface area contributed by atoms with Crippen LogP contribution >= 0.6 is 23.1 Å². The summed E-state index contributed by atoms with van der Waals surface area (Å²) in [5, 5.41) is 12.5. The zero-order valence-corrected chi connectivity index (χ0v) is 19.4. The number of benzene rings is 1. The lowest BCUT2D eigenvalue weighted by atomic mass is 9.88. The fraction of sp³-hybridized carbons (Fsp3) is 0.364. The van der Waals surface area contributed by atoms with Crippen molar-refractivity contribution in [1.82, 2.24) is 14.8 Å². The number of aryl methyl sites for hydroxylation is 2. The second-order valence-electron chi connectivity index (χ2n) is 7.96. The van der Waals surface area contributed by atoms with E-state index >= 15 is 0 Å². The van der Waals surface area contributed by atoms with E-state index in [4.69, 9.17) is 5.73 Å². The molecule has 3 N–H and O–H groups in total. The number of hydrogen-bond donors (Lipinski definition) is 2. The minimum Gasteiger partial charge on any atom is -0.365 e. The molecule has 1 aromatic carbocycles. The Kier molecular flexibility index (Phi) is 6.15. The molecule has 1 aliphatic carbocycles. The van der Waals surface area contributed by atoms with E-state index in [0.29, 0.717) is 21.6 Å². The van der Waals surface area contributed by atoms with Crippen molar-refractivity contribution in [3.63, 3.8) is 0 Å². The fourth-order valence-corrected chi connectivity index (χ4v) is 6.05. The molecule has 31 heavy (non-hydrogen) atoms. The lowest BCUT2D eigenvalue weighted by molar-refractivity contribution is -0.113. The number of primary amides is 1. The summed E-state index contributed by atoms with van der Waals surface area (Å²) in [5.41, 5.74) is 9.25. The molecule has 0 saturated heterocycles. The first-order valence-electron chi connectivity index (χ1n) is 10.2. The standard InChI is InChI=1S/C22H25N5O2S2/c1-12-4-7-15(8-5-12)27-14(3)25-26-22(27)30-11-18(28)24-21-19(20(23)29)16-9-6-13(2)10-17(16)31-21/h4-5,7-8,13H,6,9-11H2,1-3H3,(H2,23,29)(H,24,28). The SMILES string of the molecule is Cc1ccc(-n2c(C)nnc2SCC(=O)Nc2sc3c(c2C(N)=O)CCC(C)C3)cc1. The van der Waals surface area contributed by atoms with Gasteiger partial charge < -0.3 is 11.1 Å². The smallest absolute Gasteiger partial charge is 0.251 e. The lowest BCUT2D eigenvalue weighted by Gasteiger charge is -2.18. The molecule has 1 atom stereocenters. The number of nitrogens with zero attached hydrogens (tertiary/aromatic N) is 3. The number of amides is 2. The Hall–Kier alpha value is -2.65. The molecule has 0 saturated carbocycles. The number of carbonyl (C=O) groups excluding carboxylic acids is 2. The quantitative estimate of drug-likeness (QED) is 0.549. The molecule has 0 spiro atoms. The summed E-state index contributed by atoms with van der Waals surface area (Å²) >= 11 is 2.78. The molecule has 2 amide bonds. The Bertz CT molecular complexity index is 1130. The van der Waals surface area contributed by atoms with Crippen LogP contribution in [0.4, 0.5) is 5.00 Å². The summed E-state index contributed by atoms with van der Waals surface area (Å²) in [6, 6.07) is 8.07. The number of nitrogens with two attached hydrogens (primary N) is 1. The highest BCUT2D eigenvalue weighted by Gasteiger charge is 2.27. The molecule has 0 aliphatic heterocycles. The van der Waals surface area contributed by atoms with Crippen molar-refractivity contribution in [2.75, 3.05) is 11.1 Å². The zero-order chi connectivity index (χ0) is 22.1. The Morgan fingerprint density at radius 2 is 2.00 bits per heavy atom. The minimum absolute atomic E-state index is 0.154. The van der Waals surface area contributed by atoms with E-state index in [1.54, 1.807) is 0 Å². The van der Waals surface area contributed by atoms with Gasteiger partial charge in [0.15, 0.2) is 5.16 Å². The van der Waals surface area contributed by atoms with Gasteiger partial charge in [0.2, 0.25) is 5.91 Å². The van der Waals surface area contributed by atoms with Crippen molar-refractivity contribution in [2.24, 2.45) is 11.7 Å². The van der Waals surface area contributed by atoms with Gasteiger partial charge in [0, 0.05) is 10.6 Å². The first-order chi connectivity index (χ1) is 14.8. The summed E-state index contributed by atoms with van der Waals surface area (Å²) in [6.07, 6.45) is 2.78. The summed E-state index contributed by atoms with van der Waals surface area (Å²) in [6.45, 7) is 6.12. The molecule has 2 aromatic heterocycles. The van der Waals surface area contributed by atoms with E-state index in [1.165, 1.54) is 28.7 Å². The van der Waals surface area contributed by atoms with Crippen LogP contribution in [0.15, 0.2) is 29.4 Å². The van der Waals surface area contributed by atoms with Crippen LogP contribution < -0.4 is 11.1 Å². The van der Waals surface area contributed by atoms with E-state index in [0.717, 1.165) is 41.2 Å². The highest BCUT2D eigenvalue weighted by atomic mass is 32.2. The Morgan fingerprint density at radius 1 is 1.26 bits per heavy atom.